The van der Waals surface area contributed by atoms with Gasteiger partial charge in [-0.05, 0) is 31.4 Å². The summed E-state index contributed by atoms with van der Waals surface area (Å²) in [6.07, 6.45) is -1.91. The summed E-state index contributed by atoms with van der Waals surface area (Å²) in [5.74, 6) is 0.367. The molecule has 1 unspecified atom stereocenters. The van der Waals surface area contributed by atoms with Crippen LogP contribution in [0, 0.1) is 6.92 Å². The highest BCUT2D eigenvalue weighted by molar-refractivity contribution is 8.03. The lowest BCUT2D eigenvalue weighted by molar-refractivity contribution is -0.147. The topological polar surface area (TPSA) is 57.0 Å². The normalized spacial score (nSPS) is 20.3. The van der Waals surface area contributed by atoms with Crippen LogP contribution in [0.2, 0.25) is 0 Å². The van der Waals surface area contributed by atoms with E-state index in [1.165, 1.54) is 28.6 Å². The van der Waals surface area contributed by atoms with Crippen LogP contribution in [0.4, 0.5) is 13.2 Å². The highest BCUT2D eigenvalue weighted by Gasteiger charge is 2.54. The van der Waals surface area contributed by atoms with E-state index in [1.807, 2.05) is 6.92 Å². The molecule has 0 bridgehead atoms. The predicted molar refractivity (Wildman–Crippen MR) is 103 cm³/mol. The second kappa shape index (κ2) is 8.72. The minimum absolute atomic E-state index is 0.0641. The molecule has 0 aromatic carbocycles. The summed E-state index contributed by atoms with van der Waals surface area (Å²) in [7, 11) is 0. The number of ether oxygens (including phenoxy) is 1. The third-order valence-corrected chi connectivity index (χ3v) is 6.32. The van der Waals surface area contributed by atoms with Crippen molar-refractivity contribution in [2.24, 2.45) is 0 Å². The van der Waals surface area contributed by atoms with Crippen molar-refractivity contribution in [2.45, 2.75) is 45.0 Å². The van der Waals surface area contributed by atoms with E-state index in [-0.39, 0.29) is 18.7 Å². The van der Waals surface area contributed by atoms with E-state index in [9.17, 15) is 18.0 Å². The van der Waals surface area contributed by atoms with Gasteiger partial charge in [0.2, 0.25) is 0 Å². The van der Waals surface area contributed by atoms with Crippen LogP contribution in [0.5, 0.6) is 0 Å². The molecule has 1 aromatic heterocycles. The van der Waals surface area contributed by atoms with Crippen molar-refractivity contribution < 1.29 is 22.7 Å². The Morgan fingerprint density at radius 1 is 1.33 bits per heavy atom. The van der Waals surface area contributed by atoms with Gasteiger partial charge in [0.25, 0.3) is 0 Å². The summed E-state index contributed by atoms with van der Waals surface area (Å²) in [4.78, 5) is 12.5. The fourth-order valence-electron chi connectivity index (χ4n) is 2.76. The van der Waals surface area contributed by atoms with E-state index in [2.05, 4.69) is 10.3 Å². The van der Waals surface area contributed by atoms with Gasteiger partial charge >= 0.3 is 12.1 Å². The fourth-order valence-corrected chi connectivity index (χ4v) is 4.92. The van der Waals surface area contributed by atoms with Gasteiger partial charge in [-0.15, -0.1) is 28.6 Å². The molecule has 0 radical (unpaired) electrons. The average Bonchev–Trinajstić information content (AvgIpc) is 2.96. The largest absolute Gasteiger partial charge is 0.461 e. The molecule has 10 heteroatoms. The number of carbonyl (C=O) groups is 1. The molecule has 1 aliphatic rings. The Kier molecular flexibility index (Phi) is 7.07. The van der Waals surface area contributed by atoms with Crippen LogP contribution < -0.4 is 0 Å². The Morgan fingerprint density at radius 3 is 2.59 bits per heavy atom. The molecule has 27 heavy (non-hydrogen) atoms. The van der Waals surface area contributed by atoms with Gasteiger partial charge in [-0.3, -0.25) is 0 Å². The number of aromatic nitrogens is 3. The van der Waals surface area contributed by atoms with E-state index in [0.29, 0.717) is 27.8 Å². The van der Waals surface area contributed by atoms with Crippen molar-refractivity contribution in [3.05, 3.63) is 28.4 Å². The number of thioether (sulfide) groups is 2. The van der Waals surface area contributed by atoms with Gasteiger partial charge in [0.05, 0.1) is 18.0 Å². The summed E-state index contributed by atoms with van der Waals surface area (Å²) in [5.41, 5.74) is 1.01. The number of rotatable bonds is 7. The SMILES string of the molecule is CCOC(=O)c1nnn(C2=C(SCC)CC(SCC)(C(F)(F)F)C=C2)c1C. The number of nitrogens with zero attached hydrogens (tertiary/aromatic N) is 3. The molecular formula is C17H22F3N3O2S2. The number of carbonyl (C=O) groups excluding carboxylic acids is 1. The third kappa shape index (κ3) is 4.37. The number of esters is 1. The third-order valence-electron chi connectivity index (χ3n) is 4.01. The van der Waals surface area contributed by atoms with Gasteiger partial charge in [0.1, 0.15) is 4.75 Å². The lowest BCUT2D eigenvalue weighted by Gasteiger charge is -2.36. The smallest absolute Gasteiger partial charge is 0.407 e. The molecule has 0 aliphatic heterocycles. The molecule has 0 N–H and O–H groups in total. The zero-order valence-electron chi connectivity index (χ0n) is 15.6. The van der Waals surface area contributed by atoms with Gasteiger partial charge in [-0.2, -0.15) is 13.2 Å². The fraction of sp³-hybridized carbons (Fsp3) is 0.588. The number of alkyl halides is 3. The van der Waals surface area contributed by atoms with Crippen molar-refractivity contribution in [3.8, 4) is 0 Å². The Balaban J connectivity index is 2.49. The Bertz CT molecular complexity index is 759. The van der Waals surface area contributed by atoms with Crippen LogP contribution in [-0.2, 0) is 4.74 Å². The first-order chi connectivity index (χ1) is 12.7. The molecule has 0 saturated heterocycles. The zero-order valence-corrected chi connectivity index (χ0v) is 17.2. The first-order valence-electron chi connectivity index (χ1n) is 8.56. The van der Waals surface area contributed by atoms with E-state index in [0.717, 1.165) is 11.8 Å². The van der Waals surface area contributed by atoms with Crippen molar-refractivity contribution >= 4 is 35.2 Å². The summed E-state index contributed by atoms with van der Waals surface area (Å²) in [6.45, 7) is 7.13. The van der Waals surface area contributed by atoms with E-state index >= 15 is 0 Å². The minimum atomic E-state index is -4.37. The predicted octanol–water partition coefficient (Wildman–Crippen LogP) is 4.70. The average molecular weight is 422 g/mol. The monoisotopic (exact) mass is 421 g/mol. The molecule has 1 aromatic rings. The number of hydrogen-bond acceptors (Lipinski definition) is 6. The van der Waals surface area contributed by atoms with Gasteiger partial charge in [0, 0.05) is 11.3 Å². The lowest BCUT2D eigenvalue weighted by Crippen LogP contribution is -2.42. The zero-order chi connectivity index (χ0) is 20.2. The second-order valence-electron chi connectivity index (χ2n) is 5.73. The standard InChI is InChI=1S/C17H22F3N3O2S2/c1-5-25-15(24)14-11(4)23(22-21-14)12-8-9-16(27-7-3,17(18,19)20)10-13(12)26-6-2/h8-9H,5-7,10H2,1-4H3. The molecule has 1 atom stereocenters. The van der Waals surface area contributed by atoms with Crippen LogP contribution in [0.15, 0.2) is 17.1 Å². The first kappa shape index (κ1) is 21.9. The van der Waals surface area contributed by atoms with Crippen LogP contribution in [0.3, 0.4) is 0 Å². The molecule has 5 nitrogen and oxygen atoms in total. The van der Waals surface area contributed by atoms with Crippen molar-refractivity contribution in [1.29, 1.82) is 0 Å². The van der Waals surface area contributed by atoms with E-state index in [1.54, 1.807) is 20.8 Å². The molecule has 1 heterocycles. The summed E-state index contributed by atoms with van der Waals surface area (Å²) >= 11 is 2.22. The molecule has 0 amide bonds. The van der Waals surface area contributed by atoms with E-state index < -0.39 is 16.9 Å². The summed E-state index contributed by atoms with van der Waals surface area (Å²) in [6, 6.07) is 0. The second-order valence-corrected chi connectivity index (χ2v) is 8.68. The molecule has 0 spiro atoms. The molecule has 150 valence electrons. The number of hydrogen-bond donors (Lipinski definition) is 0. The van der Waals surface area contributed by atoms with Crippen molar-refractivity contribution in [2.75, 3.05) is 18.1 Å². The van der Waals surface area contributed by atoms with Gasteiger partial charge < -0.3 is 4.74 Å². The number of halogens is 3. The summed E-state index contributed by atoms with van der Waals surface area (Å²) < 4.78 is 45.8. The van der Waals surface area contributed by atoms with E-state index in [4.69, 9.17) is 4.74 Å². The summed E-state index contributed by atoms with van der Waals surface area (Å²) in [5, 5.41) is 7.85. The van der Waals surface area contributed by atoms with Crippen molar-refractivity contribution in [3.63, 3.8) is 0 Å². The molecule has 2 rings (SSSR count). The van der Waals surface area contributed by atoms with Crippen LogP contribution >= 0.6 is 23.5 Å². The molecule has 0 saturated carbocycles. The Morgan fingerprint density at radius 2 is 2.04 bits per heavy atom. The first-order valence-corrected chi connectivity index (χ1v) is 10.5. The maximum Gasteiger partial charge on any atom is 0.407 e. The Hall–Kier alpha value is -1.42. The molecule has 0 fully saturated rings. The minimum Gasteiger partial charge on any atom is -0.461 e. The quantitative estimate of drug-likeness (QED) is 0.595. The highest BCUT2D eigenvalue weighted by Crippen LogP contribution is 2.51. The highest BCUT2D eigenvalue weighted by atomic mass is 32.2. The van der Waals surface area contributed by atoms with Crippen LogP contribution in [0.25, 0.3) is 5.70 Å². The maximum atomic E-state index is 13.8. The molecular weight excluding hydrogens is 399 g/mol. The van der Waals surface area contributed by atoms with Crippen LogP contribution in [-0.4, -0.2) is 50.0 Å². The maximum absolute atomic E-state index is 13.8. The van der Waals surface area contributed by atoms with Gasteiger partial charge in [-0.25, -0.2) is 9.48 Å². The lowest BCUT2D eigenvalue weighted by atomic mass is 9.97. The Labute approximate surface area is 164 Å². The number of allylic oxidation sites excluding steroid dienone is 3. The van der Waals surface area contributed by atoms with Gasteiger partial charge in [-0.1, -0.05) is 25.1 Å². The van der Waals surface area contributed by atoms with Crippen molar-refractivity contribution in [1.82, 2.24) is 15.0 Å². The van der Waals surface area contributed by atoms with Crippen LogP contribution in [0.1, 0.15) is 43.4 Å². The molecule has 1 aliphatic carbocycles. The van der Waals surface area contributed by atoms with Gasteiger partial charge in [0.15, 0.2) is 5.69 Å².